The minimum absolute atomic E-state index is 0.560. The topological polar surface area (TPSA) is 58.4 Å². The first-order valence-corrected chi connectivity index (χ1v) is 30.3. The lowest BCUT2D eigenvalue weighted by Crippen LogP contribution is -2.74. The first-order chi connectivity index (χ1) is 41.2. The Morgan fingerprint density at radius 3 is 0.892 bits per heavy atom. The van der Waals surface area contributed by atoms with Crippen molar-refractivity contribution in [3.8, 4) is 34.7 Å². The van der Waals surface area contributed by atoms with Gasteiger partial charge in [-0.2, -0.15) is 4.98 Å². The van der Waals surface area contributed by atoms with Gasteiger partial charge in [0.15, 0.2) is 8.07 Å². The standard InChI is InChI=1S/C75H49N7Si/c1-4-24-51(25-5-1)83(52-26-6-2-7-27-52,53-28-8-3-9-29-53)54-44-45-71-62(48-54)61-36-16-23-43-70(61)82(71)75-76-63(49-74(78-75)81-68-41-21-14-34-59(68)60-35-15-22-42-69(60)81)50-46-72(79-64-37-17-10-30-55(64)56-31-11-18-38-65(56)79)77-73(47-50)80-66-39-19-12-32-57(66)58-33-13-20-40-67(58)80/h1-49H. The van der Waals surface area contributed by atoms with Crippen molar-refractivity contribution < 1.29 is 0 Å². The predicted molar refractivity (Wildman–Crippen MR) is 346 cm³/mol. The fourth-order valence-electron chi connectivity index (χ4n) is 13.7. The number of pyridine rings is 1. The van der Waals surface area contributed by atoms with Crippen LogP contribution in [0.25, 0.3) is 122 Å². The second-order valence-electron chi connectivity index (χ2n) is 21.5. The van der Waals surface area contributed by atoms with Gasteiger partial charge in [-0.05, 0) is 81.4 Å². The number of nitrogens with zero attached hydrogens (tertiary/aromatic N) is 7. The van der Waals surface area contributed by atoms with E-state index in [1.807, 2.05) is 0 Å². The van der Waals surface area contributed by atoms with Gasteiger partial charge in [-0.1, -0.05) is 231 Å². The molecule has 0 amide bonds. The SMILES string of the molecule is c1ccc([Si](c2ccccc2)(c2ccccc2)c2ccc3c(c2)c2ccccc2n3-c2nc(-c3cc(-n4c5ccccc5c5ccccc54)nc(-n4c5ccccc5c5ccccc54)c3)cc(-n3c4ccccc4c4ccccc43)n2)cc1. The zero-order valence-electron chi connectivity index (χ0n) is 44.9. The summed E-state index contributed by atoms with van der Waals surface area (Å²) in [5, 5.41) is 14.5. The highest BCUT2D eigenvalue weighted by Gasteiger charge is 2.41. The van der Waals surface area contributed by atoms with E-state index in [0.717, 1.165) is 116 Å². The Hall–Kier alpha value is -10.9. The lowest BCUT2D eigenvalue weighted by atomic mass is 10.1. The highest BCUT2D eigenvalue weighted by molar-refractivity contribution is 7.20. The van der Waals surface area contributed by atoms with E-state index < -0.39 is 8.07 Å². The Morgan fingerprint density at radius 2 is 0.518 bits per heavy atom. The molecule has 0 aliphatic carbocycles. The maximum Gasteiger partial charge on any atom is 0.237 e. The monoisotopic (exact) mass is 1080 g/mol. The van der Waals surface area contributed by atoms with Gasteiger partial charge in [-0.15, -0.1) is 0 Å². The molecule has 388 valence electrons. The molecule has 0 spiro atoms. The van der Waals surface area contributed by atoms with E-state index in [1.165, 1.54) is 20.7 Å². The molecule has 83 heavy (non-hydrogen) atoms. The molecule has 17 rings (SSSR count). The third-order valence-electron chi connectivity index (χ3n) is 17.1. The molecule has 11 aromatic carbocycles. The van der Waals surface area contributed by atoms with Crippen LogP contribution < -0.4 is 20.7 Å². The first kappa shape index (κ1) is 46.9. The molecule has 0 radical (unpaired) electrons. The third-order valence-corrected chi connectivity index (χ3v) is 21.9. The minimum atomic E-state index is -2.90. The molecule has 6 heterocycles. The molecule has 0 saturated heterocycles. The summed E-state index contributed by atoms with van der Waals surface area (Å²) >= 11 is 0. The molecule has 0 aliphatic heterocycles. The number of hydrogen-bond donors (Lipinski definition) is 0. The molecule has 0 bridgehead atoms. The molecule has 0 N–H and O–H groups in total. The van der Waals surface area contributed by atoms with E-state index in [1.54, 1.807) is 0 Å². The van der Waals surface area contributed by atoms with E-state index in [-0.39, 0.29) is 0 Å². The summed E-state index contributed by atoms with van der Waals surface area (Å²) in [6.45, 7) is 0. The van der Waals surface area contributed by atoms with Crippen LogP contribution in [0.2, 0.25) is 0 Å². The molecule has 0 unspecified atom stereocenters. The third kappa shape index (κ3) is 7.06. The average molecular weight is 1080 g/mol. The Balaban J connectivity index is 0.976. The maximum atomic E-state index is 5.83. The van der Waals surface area contributed by atoms with E-state index in [9.17, 15) is 0 Å². The summed E-state index contributed by atoms with van der Waals surface area (Å²) in [6, 6.07) is 108. The van der Waals surface area contributed by atoms with Crippen molar-refractivity contribution in [1.29, 1.82) is 0 Å². The summed E-state index contributed by atoms with van der Waals surface area (Å²) in [4.78, 5) is 17.3. The molecule has 6 aromatic heterocycles. The molecule has 7 nitrogen and oxygen atoms in total. The molecular formula is C75H49N7Si. The number of hydrogen-bond acceptors (Lipinski definition) is 3. The molecule has 0 aliphatic rings. The Morgan fingerprint density at radius 1 is 0.217 bits per heavy atom. The summed E-state index contributed by atoms with van der Waals surface area (Å²) in [7, 11) is -2.90. The summed E-state index contributed by atoms with van der Waals surface area (Å²) in [5.74, 6) is 2.87. The Kier molecular flexibility index (Phi) is 10.5. The summed E-state index contributed by atoms with van der Waals surface area (Å²) < 4.78 is 9.23. The van der Waals surface area contributed by atoms with E-state index in [0.29, 0.717) is 5.95 Å². The molecule has 8 heteroatoms. The molecule has 0 atom stereocenters. The first-order valence-electron chi connectivity index (χ1n) is 28.3. The van der Waals surface area contributed by atoms with Crippen LogP contribution in [-0.2, 0) is 0 Å². The fourth-order valence-corrected chi connectivity index (χ4v) is 18.4. The lowest BCUT2D eigenvalue weighted by Gasteiger charge is -2.34. The van der Waals surface area contributed by atoms with Gasteiger partial charge in [-0.3, -0.25) is 18.3 Å². The highest BCUT2D eigenvalue weighted by atomic mass is 28.3. The Labute approximate surface area is 478 Å². The number of benzene rings is 11. The van der Waals surface area contributed by atoms with Gasteiger partial charge >= 0.3 is 0 Å². The maximum absolute atomic E-state index is 5.83. The van der Waals surface area contributed by atoms with Crippen LogP contribution in [0.5, 0.6) is 0 Å². The summed E-state index contributed by atoms with van der Waals surface area (Å²) in [6.07, 6.45) is 0. The van der Waals surface area contributed by atoms with Crippen molar-refractivity contribution in [2.45, 2.75) is 0 Å². The quantitative estimate of drug-likeness (QED) is 0.107. The Bertz CT molecular complexity index is 5020. The van der Waals surface area contributed by atoms with Crippen molar-refractivity contribution in [3.63, 3.8) is 0 Å². The van der Waals surface area contributed by atoms with E-state index in [4.69, 9.17) is 15.0 Å². The van der Waals surface area contributed by atoms with Crippen LogP contribution in [-0.4, -0.2) is 41.3 Å². The molecule has 0 fully saturated rings. The van der Waals surface area contributed by atoms with Gasteiger partial charge in [0.25, 0.3) is 0 Å². The largest absolute Gasteiger partial charge is 0.294 e. The van der Waals surface area contributed by atoms with Crippen molar-refractivity contribution in [3.05, 3.63) is 297 Å². The summed E-state index contributed by atoms with van der Waals surface area (Å²) in [5.41, 5.74) is 10.1. The molecule has 0 saturated carbocycles. The van der Waals surface area contributed by atoms with Crippen LogP contribution >= 0.6 is 0 Å². The number of rotatable bonds is 9. The highest BCUT2D eigenvalue weighted by Crippen LogP contribution is 2.39. The smallest absolute Gasteiger partial charge is 0.237 e. The zero-order valence-corrected chi connectivity index (χ0v) is 45.9. The number of fused-ring (bicyclic) bond motifs is 12. The van der Waals surface area contributed by atoms with Gasteiger partial charge in [0.2, 0.25) is 5.95 Å². The normalized spacial score (nSPS) is 12.1. The average Bonchev–Trinajstić information content (AvgIpc) is 3.86. The van der Waals surface area contributed by atoms with Gasteiger partial charge < -0.3 is 0 Å². The van der Waals surface area contributed by atoms with Crippen LogP contribution in [0.3, 0.4) is 0 Å². The van der Waals surface area contributed by atoms with Gasteiger partial charge in [0.1, 0.15) is 17.5 Å². The fraction of sp³-hybridized carbons (Fsp3) is 0. The number of para-hydroxylation sites is 7. The van der Waals surface area contributed by atoms with Crippen molar-refractivity contribution in [2.75, 3.05) is 0 Å². The molecular weight excluding hydrogens is 1030 g/mol. The van der Waals surface area contributed by atoms with E-state index >= 15 is 0 Å². The lowest BCUT2D eigenvalue weighted by molar-refractivity contribution is 0.950. The van der Waals surface area contributed by atoms with Crippen molar-refractivity contribution >= 4 is 116 Å². The zero-order chi connectivity index (χ0) is 54.6. The minimum Gasteiger partial charge on any atom is -0.294 e. The van der Waals surface area contributed by atoms with E-state index in [2.05, 4.69) is 316 Å². The van der Waals surface area contributed by atoms with Gasteiger partial charge in [-0.25, -0.2) is 9.97 Å². The molecule has 17 aromatic rings. The van der Waals surface area contributed by atoms with Crippen LogP contribution in [0.15, 0.2) is 297 Å². The number of aromatic nitrogens is 7. The van der Waals surface area contributed by atoms with Gasteiger partial charge in [0.05, 0.1) is 49.8 Å². The van der Waals surface area contributed by atoms with Crippen LogP contribution in [0.4, 0.5) is 0 Å². The van der Waals surface area contributed by atoms with Crippen molar-refractivity contribution in [1.82, 2.24) is 33.2 Å². The van der Waals surface area contributed by atoms with Crippen LogP contribution in [0.1, 0.15) is 0 Å². The van der Waals surface area contributed by atoms with Crippen LogP contribution in [0, 0.1) is 0 Å². The second kappa shape index (κ2) is 18.6. The second-order valence-corrected chi connectivity index (χ2v) is 25.3. The van der Waals surface area contributed by atoms with Crippen molar-refractivity contribution in [2.24, 2.45) is 0 Å². The van der Waals surface area contributed by atoms with Gasteiger partial charge in [0, 0.05) is 54.7 Å². The predicted octanol–water partition coefficient (Wildman–Crippen LogP) is 15.3.